The number of pyridine rings is 1. The van der Waals surface area contributed by atoms with Gasteiger partial charge in [-0.1, -0.05) is 30.3 Å². The van der Waals surface area contributed by atoms with Crippen molar-refractivity contribution >= 4 is 5.91 Å². The maximum Gasteiger partial charge on any atom is 0.246 e. The molecule has 1 unspecified atom stereocenters. The number of aliphatic hydroxyl groups is 1. The number of amides is 1. The van der Waals surface area contributed by atoms with Crippen LogP contribution in [0.2, 0.25) is 0 Å². The number of rotatable bonds is 8. The Morgan fingerprint density at radius 3 is 2.77 bits per heavy atom. The van der Waals surface area contributed by atoms with Crippen LogP contribution in [-0.2, 0) is 16.1 Å². The van der Waals surface area contributed by atoms with E-state index in [0.29, 0.717) is 25.2 Å². The lowest BCUT2D eigenvalue weighted by molar-refractivity contribution is -0.128. The number of carbonyl (C=O) groups excluding carboxylic acids is 1. The fraction of sp³-hybridized carbons (Fsp3) is 0.400. The SMILES string of the molecule is COc1cncc(C(NC(=O)COCc2ccccc2)C2CC(O)C2)c1. The van der Waals surface area contributed by atoms with Crippen LogP contribution in [0.3, 0.4) is 0 Å². The first-order valence-electron chi connectivity index (χ1n) is 8.73. The molecule has 1 saturated carbocycles. The molecule has 1 fully saturated rings. The highest BCUT2D eigenvalue weighted by molar-refractivity contribution is 5.77. The molecule has 1 aromatic carbocycles. The second kappa shape index (κ2) is 8.78. The Labute approximate surface area is 153 Å². The van der Waals surface area contributed by atoms with Gasteiger partial charge in [-0.3, -0.25) is 9.78 Å². The summed E-state index contributed by atoms with van der Waals surface area (Å²) in [4.78, 5) is 16.5. The Bertz CT molecular complexity index is 717. The third-order valence-electron chi connectivity index (χ3n) is 4.61. The number of aromatic nitrogens is 1. The molecule has 26 heavy (non-hydrogen) atoms. The molecule has 1 heterocycles. The Kier molecular flexibility index (Phi) is 6.20. The van der Waals surface area contributed by atoms with Gasteiger partial charge in [-0.2, -0.15) is 0 Å². The quantitative estimate of drug-likeness (QED) is 0.758. The number of aliphatic hydroxyl groups excluding tert-OH is 1. The van der Waals surface area contributed by atoms with Gasteiger partial charge < -0.3 is 19.9 Å². The van der Waals surface area contributed by atoms with Crippen LogP contribution in [0.25, 0.3) is 0 Å². The average molecular weight is 356 g/mol. The van der Waals surface area contributed by atoms with Crippen molar-refractivity contribution < 1.29 is 19.4 Å². The number of methoxy groups -OCH3 is 1. The number of ether oxygens (including phenoxy) is 2. The van der Waals surface area contributed by atoms with Gasteiger partial charge in [-0.15, -0.1) is 0 Å². The first kappa shape index (κ1) is 18.4. The van der Waals surface area contributed by atoms with Gasteiger partial charge in [0.05, 0.1) is 32.1 Å². The predicted octanol–water partition coefficient (Wildman–Crippen LogP) is 2.24. The zero-order valence-electron chi connectivity index (χ0n) is 14.8. The molecule has 1 aromatic heterocycles. The summed E-state index contributed by atoms with van der Waals surface area (Å²) in [6.45, 7) is 0.375. The molecule has 1 aliphatic carbocycles. The Morgan fingerprint density at radius 2 is 2.08 bits per heavy atom. The van der Waals surface area contributed by atoms with Crippen molar-refractivity contribution in [3.63, 3.8) is 0 Å². The van der Waals surface area contributed by atoms with Gasteiger partial charge in [0.1, 0.15) is 12.4 Å². The van der Waals surface area contributed by atoms with E-state index in [-0.39, 0.29) is 30.6 Å². The summed E-state index contributed by atoms with van der Waals surface area (Å²) < 4.78 is 10.7. The van der Waals surface area contributed by atoms with Crippen LogP contribution in [0.4, 0.5) is 0 Å². The standard InChI is InChI=1S/C20H24N2O4/c1-25-18-9-16(10-21-11-18)20(15-7-17(23)8-15)22-19(24)13-26-12-14-5-3-2-4-6-14/h2-6,9-11,15,17,20,23H,7-8,12-13H2,1H3,(H,22,24). The van der Waals surface area contributed by atoms with E-state index in [1.807, 2.05) is 36.4 Å². The highest BCUT2D eigenvalue weighted by atomic mass is 16.5. The molecule has 0 radical (unpaired) electrons. The van der Waals surface area contributed by atoms with Crippen molar-refractivity contribution in [1.29, 1.82) is 0 Å². The maximum absolute atomic E-state index is 12.3. The summed E-state index contributed by atoms with van der Waals surface area (Å²) in [5.41, 5.74) is 1.90. The second-order valence-electron chi connectivity index (χ2n) is 6.57. The van der Waals surface area contributed by atoms with E-state index in [4.69, 9.17) is 9.47 Å². The van der Waals surface area contributed by atoms with Crippen molar-refractivity contribution in [1.82, 2.24) is 10.3 Å². The molecule has 138 valence electrons. The van der Waals surface area contributed by atoms with E-state index in [1.54, 1.807) is 19.5 Å². The molecule has 2 N–H and O–H groups in total. The third kappa shape index (κ3) is 4.80. The van der Waals surface area contributed by atoms with Gasteiger partial charge in [0.2, 0.25) is 5.91 Å². The Balaban J connectivity index is 1.59. The smallest absolute Gasteiger partial charge is 0.246 e. The van der Waals surface area contributed by atoms with Crippen molar-refractivity contribution in [2.24, 2.45) is 5.92 Å². The van der Waals surface area contributed by atoms with Crippen molar-refractivity contribution in [3.05, 3.63) is 59.9 Å². The van der Waals surface area contributed by atoms with E-state index < -0.39 is 0 Å². The molecule has 3 rings (SSSR count). The van der Waals surface area contributed by atoms with Crippen molar-refractivity contribution in [3.8, 4) is 5.75 Å². The number of nitrogens with one attached hydrogen (secondary N) is 1. The molecule has 2 aromatic rings. The topological polar surface area (TPSA) is 80.7 Å². The van der Waals surface area contributed by atoms with Crippen LogP contribution in [0.5, 0.6) is 5.75 Å². The van der Waals surface area contributed by atoms with Crippen molar-refractivity contribution in [2.45, 2.75) is 31.6 Å². The summed E-state index contributed by atoms with van der Waals surface area (Å²) >= 11 is 0. The normalized spacial score (nSPS) is 20.1. The summed E-state index contributed by atoms with van der Waals surface area (Å²) in [6, 6.07) is 11.4. The lowest BCUT2D eigenvalue weighted by Crippen LogP contribution is -2.42. The van der Waals surface area contributed by atoms with E-state index in [1.165, 1.54) is 0 Å². The minimum Gasteiger partial charge on any atom is -0.495 e. The number of hydrogen-bond acceptors (Lipinski definition) is 5. The van der Waals surface area contributed by atoms with Crippen LogP contribution in [-0.4, -0.2) is 35.8 Å². The van der Waals surface area contributed by atoms with E-state index in [9.17, 15) is 9.90 Å². The monoisotopic (exact) mass is 356 g/mol. The predicted molar refractivity (Wildman–Crippen MR) is 96.5 cm³/mol. The lowest BCUT2D eigenvalue weighted by atomic mass is 9.75. The third-order valence-corrected chi connectivity index (χ3v) is 4.61. The van der Waals surface area contributed by atoms with Gasteiger partial charge in [0, 0.05) is 6.20 Å². The van der Waals surface area contributed by atoms with E-state index in [0.717, 1.165) is 11.1 Å². The molecule has 1 atom stereocenters. The van der Waals surface area contributed by atoms with Crippen molar-refractivity contribution in [2.75, 3.05) is 13.7 Å². The molecule has 0 bridgehead atoms. The summed E-state index contributed by atoms with van der Waals surface area (Å²) in [6.07, 6.45) is 4.37. The molecule has 0 spiro atoms. The van der Waals surface area contributed by atoms with Crippen LogP contribution < -0.4 is 10.1 Å². The van der Waals surface area contributed by atoms with Crippen LogP contribution in [0.15, 0.2) is 48.8 Å². The summed E-state index contributed by atoms with van der Waals surface area (Å²) in [7, 11) is 1.58. The van der Waals surface area contributed by atoms with E-state index in [2.05, 4.69) is 10.3 Å². The van der Waals surface area contributed by atoms with Gasteiger partial charge in [0.25, 0.3) is 0 Å². The largest absolute Gasteiger partial charge is 0.495 e. The number of carbonyl (C=O) groups is 1. The second-order valence-corrected chi connectivity index (χ2v) is 6.57. The minimum atomic E-state index is -0.299. The van der Waals surface area contributed by atoms with Gasteiger partial charge in [-0.25, -0.2) is 0 Å². The van der Waals surface area contributed by atoms with Gasteiger partial charge in [-0.05, 0) is 36.0 Å². The highest BCUT2D eigenvalue weighted by Gasteiger charge is 2.36. The van der Waals surface area contributed by atoms with Gasteiger partial charge in [0.15, 0.2) is 0 Å². The maximum atomic E-state index is 12.3. The molecule has 6 nitrogen and oxygen atoms in total. The molecule has 0 saturated heterocycles. The molecule has 0 aliphatic heterocycles. The fourth-order valence-electron chi connectivity index (χ4n) is 3.14. The average Bonchev–Trinajstić information content (AvgIpc) is 2.65. The Morgan fingerprint density at radius 1 is 1.31 bits per heavy atom. The molecule has 6 heteroatoms. The first-order chi connectivity index (χ1) is 12.7. The molecule has 1 aliphatic rings. The van der Waals surface area contributed by atoms with Crippen LogP contribution in [0.1, 0.15) is 30.0 Å². The highest BCUT2D eigenvalue weighted by Crippen LogP contribution is 2.38. The Hall–Kier alpha value is -2.44. The number of benzene rings is 1. The molecular weight excluding hydrogens is 332 g/mol. The van der Waals surface area contributed by atoms with E-state index >= 15 is 0 Å². The van der Waals surface area contributed by atoms with Gasteiger partial charge >= 0.3 is 0 Å². The zero-order valence-corrected chi connectivity index (χ0v) is 14.8. The summed E-state index contributed by atoms with van der Waals surface area (Å²) in [5.74, 6) is 0.633. The first-order valence-corrected chi connectivity index (χ1v) is 8.73. The number of nitrogens with zero attached hydrogens (tertiary/aromatic N) is 1. The van der Waals surface area contributed by atoms with Crippen LogP contribution in [0, 0.1) is 5.92 Å². The zero-order chi connectivity index (χ0) is 18.4. The van der Waals surface area contributed by atoms with Crippen LogP contribution >= 0.6 is 0 Å². The lowest BCUT2D eigenvalue weighted by Gasteiger charge is -2.38. The molecule has 1 amide bonds. The minimum absolute atomic E-state index is 0.0158. The number of hydrogen-bond donors (Lipinski definition) is 2. The fourth-order valence-corrected chi connectivity index (χ4v) is 3.14. The summed E-state index contributed by atoms with van der Waals surface area (Å²) in [5, 5.41) is 12.7. The molecular formula is C20H24N2O4.